The fourth-order valence-corrected chi connectivity index (χ4v) is 3.87. The zero-order chi connectivity index (χ0) is 15.7. The van der Waals surface area contributed by atoms with Gasteiger partial charge in [0.1, 0.15) is 5.82 Å². The van der Waals surface area contributed by atoms with Gasteiger partial charge in [-0.2, -0.15) is 4.31 Å². The highest BCUT2D eigenvalue weighted by molar-refractivity contribution is 7.89. The lowest BCUT2D eigenvalue weighted by Crippen LogP contribution is -2.56. The highest BCUT2D eigenvalue weighted by Gasteiger charge is 2.37. The Kier molecular flexibility index (Phi) is 3.98. The number of rotatable bonds is 4. The van der Waals surface area contributed by atoms with Crippen molar-refractivity contribution in [2.45, 2.75) is 10.9 Å². The summed E-state index contributed by atoms with van der Waals surface area (Å²) in [5.41, 5.74) is 0. The maximum Gasteiger partial charge on any atom is 0.243 e. The van der Waals surface area contributed by atoms with Gasteiger partial charge in [0.2, 0.25) is 16.0 Å². The molecule has 0 saturated carbocycles. The number of hydrogen-bond acceptors (Lipinski definition) is 5. The third-order valence-electron chi connectivity index (χ3n) is 3.28. The molecule has 0 unspecified atom stereocenters. The smallest absolute Gasteiger partial charge is 0.243 e. The largest absolute Gasteiger partial charge is 0.349 e. The number of nitrogens with zero attached hydrogens (tertiary/aromatic N) is 3. The first-order valence-corrected chi connectivity index (χ1v) is 8.27. The minimum atomic E-state index is -3.67. The minimum absolute atomic E-state index is 0.0201. The summed E-state index contributed by atoms with van der Waals surface area (Å²) in [5, 5.41) is 2.82. The summed E-state index contributed by atoms with van der Waals surface area (Å²) in [6.45, 7) is 0.575. The molecule has 6 nitrogen and oxygen atoms in total. The minimum Gasteiger partial charge on any atom is -0.349 e. The fourth-order valence-electron chi connectivity index (χ4n) is 2.07. The normalized spacial score (nSPS) is 16.3. The van der Waals surface area contributed by atoms with Crippen molar-refractivity contribution in [3.05, 3.63) is 47.5 Å². The van der Waals surface area contributed by atoms with Gasteiger partial charge in [-0.1, -0.05) is 11.6 Å². The molecule has 1 aliphatic rings. The Hall–Kier alpha value is -1.77. The van der Waals surface area contributed by atoms with E-state index in [0.29, 0.717) is 5.95 Å². The first-order chi connectivity index (χ1) is 10.5. The summed E-state index contributed by atoms with van der Waals surface area (Å²) in [4.78, 5) is 8.02. The molecule has 1 aromatic carbocycles. The average Bonchev–Trinajstić information content (AvgIpc) is 2.46. The van der Waals surface area contributed by atoms with Gasteiger partial charge in [0.15, 0.2) is 0 Å². The van der Waals surface area contributed by atoms with Crippen LogP contribution in [0.5, 0.6) is 0 Å². The third kappa shape index (κ3) is 2.90. The van der Waals surface area contributed by atoms with Crippen molar-refractivity contribution in [1.29, 1.82) is 0 Å². The van der Waals surface area contributed by atoms with Gasteiger partial charge in [-0.25, -0.2) is 22.8 Å². The highest BCUT2D eigenvalue weighted by atomic mass is 35.5. The van der Waals surface area contributed by atoms with E-state index in [1.54, 1.807) is 18.5 Å². The Bertz CT molecular complexity index is 782. The van der Waals surface area contributed by atoms with Crippen molar-refractivity contribution >= 4 is 27.6 Å². The van der Waals surface area contributed by atoms with Gasteiger partial charge in [0.05, 0.1) is 16.0 Å². The lowest BCUT2D eigenvalue weighted by molar-refractivity contribution is 0.280. The number of benzene rings is 1. The Morgan fingerprint density at radius 2 is 1.95 bits per heavy atom. The number of sulfonamides is 1. The summed E-state index contributed by atoms with van der Waals surface area (Å²) < 4.78 is 39.1. The second-order valence-electron chi connectivity index (χ2n) is 4.81. The van der Waals surface area contributed by atoms with Crippen LogP contribution >= 0.6 is 11.6 Å². The quantitative estimate of drug-likeness (QED) is 0.916. The van der Waals surface area contributed by atoms with Crippen molar-refractivity contribution in [1.82, 2.24) is 14.3 Å². The second kappa shape index (κ2) is 5.79. The van der Waals surface area contributed by atoms with Crippen LogP contribution in [0.25, 0.3) is 0 Å². The molecule has 1 saturated heterocycles. The molecule has 0 amide bonds. The Morgan fingerprint density at radius 1 is 1.27 bits per heavy atom. The van der Waals surface area contributed by atoms with E-state index in [1.807, 2.05) is 0 Å². The monoisotopic (exact) mass is 342 g/mol. The van der Waals surface area contributed by atoms with Gasteiger partial charge in [0, 0.05) is 25.5 Å². The van der Waals surface area contributed by atoms with Crippen molar-refractivity contribution in [2.75, 3.05) is 18.4 Å². The molecular weight excluding hydrogens is 331 g/mol. The van der Waals surface area contributed by atoms with E-state index in [-0.39, 0.29) is 29.0 Å². The number of nitrogens with one attached hydrogen (secondary N) is 1. The first-order valence-electron chi connectivity index (χ1n) is 6.45. The molecule has 1 fully saturated rings. The lowest BCUT2D eigenvalue weighted by atomic mass is 10.2. The van der Waals surface area contributed by atoms with Crippen LogP contribution in [0.3, 0.4) is 0 Å². The topological polar surface area (TPSA) is 75.2 Å². The van der Waals surface area contributed by atoms with Crippen LogP contribution in [-0.2, 0) is 10.0 Å². The molecule has 0 spiro atoms. The molecule has 0 atom stereocenters. The average molecular weight is 343 g/mol. The second-order valence-corrected chi connectivity index (χ2v) is 7.16. The Morgan fingerprint density at radius 3 is 2.59 bits per heavy atom. The predicted molar refractivity (Wildman–Crippen MR) is 79.6 cm³/mol. The van der Waals surface area contributed by atoms with Crippen LogP contribution in [0.15, 0.2) is 41.6 Å². The summed E-state index contributed by atoms with van der Waals surface area (Å²) in [6.07, 6.45) is 3.20. The zero-order valence-corrected chi connectivity index (χ0v) is 12.9. The Balaban J connectivity index is 1.67. The highest BCUT2D eigenvalue weighted by Crippen LogP contribution is 2.26. The van der Waals surface area contributed by atoms with Gasteiger partial charge >= 0.3 is 0 Å². The molecule has 2 aromatic rings. The number of hydrogen-bond donors (Lipinski definition) is 1. The van der Waals surface area contributed by atoms with Gasteiger partial charge in [-0.3, -0.25) is 0 Å². The summed E-state index contributed by atoms with van der Waals surface area (Å²) in [5.74, 6) is -0.195. The number of aromatic nitrogens is 2. The van der Waals surface area contributed by atoms with Crippen molar-refractivity contribution in [3.8, 4) is 0 Å². The molecule has 2 heterocycles. The fraction of sp³-hybridized carbons (Fsp3) is 0.231. The number of halogens is 2. The SMILES string of the molecule is O=S(=O)(c1ccc(F)c(Cl)c1)N1CC(Nc2ncccn2)C1. The van der Waals surface area contributed by atoms with Gasteiger partial charge < -0.3 is 5.32 Å². The van der Waals surface area contributed by atoms with Crippen molar-refractivity contribution in [3.63, 3.8) is 0 Å². The van der Waals surface area contributed by atoms with Crippen LogP contribution in [0, 0.1) is 5.82 Å². The van der Waals surface area contributed by atoms with E-state index in [0.717, 1.165) is 12.1 Å². The maximum atomic E-state index is 13.1. The first kappa shape index (κ1) is 15.1. The summed E-state index contributed by atoms with van der Waals surface area (Å²) >= 11 is 5.63. The molecule has 116 valence electrons. The molecule has 0 radical (unpaired) electrons. The maximum absolute atomic E-state index is 13.1. The van der Waals surface area contributed by atoms with E-state index in [4.69, 9.17) is 11.6 Å². The van der Waals surface area contributed by atoms with Crippen LogP contribution in [-0.4, -0.2) is 41.8 Å². The number of anilines is 1. The van der Waals surface area contributed by atoms with E-state index >= 15 is 0 Å². The van der Waals surface area contributed by atoms with Crippen molar-refractivity contribution < 1.29 is 12.8 Å². The standard InChI is InChI=1S/C13H12ClFN4O2S/c14-11-6-10(2-3-12(11)15)22(20,21)19-7-9(8-19)18-13-16-4-1-5-17-13/h1-6,9H,7-8H2,(H,16,17,18). The molecule has 0 aliphatic carbocycles. The van der Waals surface area contributed by atoms with E-state index < -0.39 is 15.8 Å². The zero-order valence-electron chi connectivity index (χ0n) is 11.3. The molecule has 9 heteroatoms. The van der Waals surface area contributed by atoms with Gasteiger partial charge in [-0.15, -0.1) is 0 Å². The molecule has 22 heavy (non-hydrogen) atoms. The summed E-state index contributed by atoms with van der Waals surface area (Å²) in [7, 11) is -3.67. The van der Waals surface area contributed by atoms with E-state index in [1.165, 1.54) is 10.4 Å². The van der Waals surface area contributed by atoms with E-state index in [9.17, 15) is 12.8 Å². The van der Waals surface area contributed by atoms with Crippen LogP contribution in [0.2, 0.25) is 5.02 Å². The molecule has 1 aliphatic heterocycles. The molecular formula is C13H12ClFN4O2S. The van der Waals surface area contributed by atoms with Crippen LogP contribution < -0.4 is 5.32 Å². The van der Waals surface area contributed by atoms with Crippen molar-refractivity contribution in [2.24, 2.45) is 0 Å². The van der Waals surface area contributed by atoms with Gasteiger partial charge in [-0.05, 0) is 24.3 Å². The molecule has 1 N–H and O–H groups in total. The molecule has 1 aromatic heterocycles. The Labute approximate surface area is 132 Å². The lowest BCUT2D eigenvalue weighted by Gasteiger charge is -2.38. The molecule has 0 bridgehead atoms. The van der Waals surface area contributed by atoms with Crippen LogP contribution in [0.1, 0.15) is 0 Å². The van der Waals surface area contributed by atoms with Crippen LogP contribution in [0.4, 0.5) is 10.3 Å². The van der Waals surface area contributed by atoms with E-state index in [2.05, 4.69) is 15.3 Å². The predicted octanol–water partition coefficient (Wildman–Crippen LogP) is 1.75. The van der Waals surface area contributed by atoms with Gasteiger partial charge in [0.25, 0.3) is 0 Å². The third-order valence-corrected chi connectivity index (χ3v) is 5.39. The molecule has 3 rings (SSSR count). The summed E-state index contributed by atoms with van der Waals surface area (Å²) in [6, 6.07) is 5.00.